The molecule has 23 heavy (non-hydrogen) atoms. The van der Waals surface area contributed by atoms with E-state index in [2.05, 4.69) is 4.72 Å². The first kappa shape index (κ1) is 17.5. The quantitative estimate of drug-likeness (QED) is 0.867. The average Bonchev–Trinajstić information content (AvgIpc) is 2.96. The van der Waals surface area contributed by atoms with Crippen molar-refractivity contribution in [2.45, 2.75) is 25.0 Å². The predicted molar refractivity (Wildman–Crippen MR) is 93.6 cm³/mol. The predicted octanol–water partition coefficient (Wildman–Crippen LogP) is 3.34. The second kappa shape index (κ2) is 7.14. The molecule has 5 nitrogen and oxygen atoms in total. The zero-order valence-electron chi connectivity index (χ0n) is 13.4. The highest BCUT2D eigenvalue weighted by Gasteiger charge is 2.18. The molecular formula is C16H20N2O3S2. The van der Waals surface area contributed by atoms with E-state index in [4.69, 9.17) is 0 Å². The van der Waals surface area contributed by atoms with Gasteiger partial charge in [-0.05, 0) is 51.1 Å². The monoisotopic (exact) mass is 352 g/mol. The van der Waals surface area contributed by atoms with Gasteiger partial charge in [-0.1, -0.05) is 6.07 Å². The summed E-state index contributed by atoms with van der Waals surface area (Å²) in [6.45, 7) is 6.90. The van der Waals surface area contributed by atoms with Crippen LogP contribution >= 0.6 is 11.3 Å². The zero-order valence-corrected chi connectivity index (χ0v) is 15.0. The maximum Gasteiger partial charge on any atom is 0.271 e. The number of anilines is 1. The number of aryl methyl sites for hydroxylation is 1. The second-order valence-electron chi connectivity index (χ2n) is 5.03. The third kappa shape index (κ3) is 4.11. The first-order chi connectivity index (χ1) is 10.9. The minimum absolute atomic E-state index is 0.108. The van der Waals surface area contributed by atoms with Gasteiger partial charge in [0.1, 0.15) is 4.21 Å². The molecule has 1 amide bonds. The smallest absolute Gasteiger partial charge is 0.271 e. The van der Waals surface area contributed by atoms with Crippen molar-refractivity contribution in [1.29, 1.82) is 0 Å². The molecule has 2 rings (SSSR count). The lowest BCUT2D eigenvalue weighted by Gasteiger charge is -2.19. The summed E-state index contributed by atoms with van der Waals surface area (Å²) >= 11 is 1.21. The van der Waals surface area contributed by atoms with Crippen LogP contribution in [0, 0.1) is 6.92 Å². The minimum atomic E-state index is -3.62. The Morgan fingerprint density at radius 3 is 2.43 bits per heavy atom. The molecule has 1 heterocycles. The highest BCUT2D eigenvalue weighted by molar-refractivity contribution is 7.94. The van der Waals surface area contributed by atoms with Gasteiger partial charge >= 0.3 is 0 Å². The molecule has 7 heteroatoms. The summed E-state index contributed by atoms with van der Waals surface area (Å²) in [4.78, 5) is 15.0. The Morgan fingerprint density at radius 1 is 1.17 bits per heavy atom. The molecule has 0 aliphatic heterocycles. The normalized spacial score (nSPS) is 11.3. The number of nitrogens with one attached hydrogen (secondary N) is 1. The van der Waals surface area contributed by atoms with Crippen LogP contribution in [-0.2, 0) is 10.0 Å². The third-order valence-electron chi connectivity index (χ3n) is 3.39. The Labute approximate surface area is 141 Å². The van der Waals surface area contributed by atoms with Crippen LogP contribution < -0.4 is 4.72 Å². The van der Waals surface area contributed by atoms with Gasteiger partial charge in [0.15, 0.2) is 0 Å². The maximum atomic E-state index is 12.3. The number of carbonyl (C=O) groups excluding carboxylic acids is 1. The molecule has 1 aromatic carbocycles. The number of rotatable bonds is 6. The molecule has 1 N–H and O–H groups in total. The van der Waals surface area contributed by atoms with Gasteiger partial charge in [0.2, 0.25) is 0 Å². The van der Waals surface area contributed by atoms with Gasteiger partial charge in [0.05, 0.1) is 0 Å². The number of thiophene rings is 1. The highest BCUT2D eigenvalue weighted by atomic mass is 32.2. The fraction of sp³-hybridized carbons (Fsp3) is 0.312. The Bertz CT molecular complexity index is 793. The van der Waals surface area contributed by atoms with E-state index in [1.807, 2.05) is 20.8 Å². The van der Waals surface area contributed by atoms with Gasteiger partial charge in [-0.15, -0.1) is 11.3 Å². The first-order valence-electron chi connectivity index (χ1n) is 7.36. The van der Waals surface area contributed by atoms with Crippen molar-refractivity contribution in [3.8, 4) is 0 Å². The molecule has 0 bridgehead atoms. The maximum absolute atomic E-state index is 12.3. The number of sulfonamides is 1. The van der Waals surface area contributed by atoms with Crippen LogP contribution in [0.4, 0.5) is 5.69 Å². The third-order valence-corrected chi connectivity index (χ3v) is 6.27. The largest absolute Gasteiger partial charge is 0.339 e. The number of carbonyl (C=O) groups is 1. The number of hydrogen-bond acceptors (Lipinski definition) is 4. The highest BCUT2D eigenvalue weighted by Crippen LogP contribution is 2.24. The first-order valence-corrected chi connectivity index (χ1v) is 9.66. The van der Waals surface area contributed by atoms with E-state index >= 15 is 0 Å². The van der Waals surface area contributed by atoms with Crippen molar-refractivity contribution >= 4 is 33.0 Å². The van der Waals surface area contributed by atoms with E-state index in [0.717, 1.165) is 4.88 Å². The van der Waals surface area contributed by atoms with E-state index in [9.17, 15) is 13.2 Å². The lowest BCUT2D eigenvalue weighted by atomic mass is 10.2. The fourth-order valence-electron chi connectivity index (χ4n) is 2.17. The van der Waals surface area contributed by atoms with Crippen molar-refractivity contribution in [3.63, 3.8) is 0 Å². The number of benzene rings is 1. The summed E-state index contributed by atoms with van der Waals surface area (Å²) in [6, 6.07) is 9.91. The van der Waals surface area contributed by atoms with Crippen molar-refractivity contribution < 1.29 is 13.2 Å². The van der Waals surface area contributed by atoms with Gasteiger partial charge in [-0.25, -0.2) is 8.42 Å². The molecule has 0 aliphatic rings. The summed E-state index contributed by atoms with van der Waals surface area (Å²) in [7, 11) is -3.62. The van der Waals surface area contributed by atoms with E-state index < -0.39 is 10.0 Å². The number of amides is 1. The molecule has 0 unspecified atom stereocenters. The number of hydrogen-bond donors (Lipinski definition) is 1. The van der Waals surface area contributed by atoms with E-state index in [1.54, 1.807) is 41.3 Å². The molecular weight excluding hydrogens is 332 g/mol. The molecule has 0 spiro atoms. The summed E-state index contributed by atoms with van der Waals surface area (Å²) in [5.74, 6) is -0.108. The van der Waals surface area contributed by atoms with Crippen LogP contribution in [0.15, 0.2) is 40.6 Å². The molecule has 0 saturated heterocycles. The Morgan fingerprint density at radius 2 is 1.87 bits per heavy atom. The molecule has 0 atom stereocenters. The standard InChI is InChI=1S/C16H20N2O3S2/c1-4-18(5-2)16(19)13-7-6-8-14(11-13)17-23(20,21)15-10-9-12(3)22-15/h6-11,17H,4-5H2,1-3H3. The van der Waals surface area contributed by atoms with Gasteiger partial charge in [0.25, 0.3) is 15.9 Å². The Balaban J connectivity index is 2.25. The van der Waals surface area contributed by atoms with E-state index in [0.29, 0.717) is 24.3 Å². The van der Waals surface area contributed by atoms with Crippen LogP contribution in [0.3, 0.4) is 0 Å². The fourth-order valence-corrected chi connectivity index (χ4v) is 4.50. The van der Waals surface area contributed by atoms with Crippen LogP contribution in [0.2, 0.25) is 0 Å². The lowest BCUT2D eigenvalue weighted by Crippen LogP contribution is -2.30. The molecule has 0 aliphatic carbocycles. The van der Waals surface area contributed by atoms with E-state index in [-0.39, 0.29) is 10.1 Å². The Kier molecular flexibility index (Phi) is 5.43. The molecule has 124 valence electrons. The molecule has 0 saturated carbocycles. The molecule has 0 fully saturated rings. The van der Waals surface area contributed by atoms with Gasteiger partial charge in [0, 0.05) is 29.2 Å². The van der Waals surface area contributed by atoms with Crippen molar-refractivity contribution in [3.05, 3.63) is 46.8 Å². The van der Waals surface area contributed by atoms with Crippen molar-refractivity contribution in [2.24, 2.45) is 0 Å². The number of nitrogens with zero attached hydrogens (tertiary/aromatic N) is 1. The van der Waals surface area contributed by atoms with E-state index in [1.165, 1.54) is 11.3 Å². The van der Waals surface area contributed by atoms with Crippen LogP contribution in [0.1, 0.15) is 29.1 Å². The van der Waals surface area contributed by atoms with Crippen molar-refractivity contribution in [2.75, 3.05) is 17.8 Å². The topological polar surface area (TPSA) is 66.5 Å². The van der Waals surface area contributed by atoms with Crippen LogP contribution in [0.25, 0.3) is 0 Å². The summed E-state index contributed by atoms with van der Waals surface area (Å²) in [6.07, 6.45) is 0. The van der Waals surface area contributed by atoms with Crippen LogP contribution in [0.5, 0.6) is 0 Å². The van der Waals surface area contributed by atoms with Crippen LogP contribution in [-0.4, -0.2) is 32.3 Å². The molecule has 1 aromatic heterocycles. The Hall–Kier alpha value is -1.86. The van der Waals surface area contributed by atoms with Gasteiger partial charge in [-0.2, -0.15) is 0 Å². The zero-order chi connectivity index (χ0) is 17.0. The summed E-state index contributed by atoms with van der Waals surface area (Å²) in [5.41, 5.74) is 0.852. The molecule has 0 radical (unpaired) electrons. The lowest BCUT2D eigenvalue weighted by molar-refractivity contribution is 0.0773. The average molecular weight is 352 g/mol. The van der Waals surface area contributed by atoms with Gasteiger partial charge in [-0.3, -0.25) is 9.52 Å². The van der Waals surface area contributed by atoms with Crippen molar-refractivity contribution in [1.82, 2.24) is 4.90 Å². The SMILES string of the molecule is CCN(CC)C(=O)c1cccc(NS(=O)(=O)c2ccc(C)s2)c1. The van der Waals surface area contributed by atoms with Gasteiger partial charge < -0.3 is 4.90 Å². The molecule has 2 aromatic rings. The second-order valence-corrected chi connectivity index (χ2v) is 8.23. The summed E-state index contributed by atoms with van der Waals surface area (Å²) < 4.78 is 27.5. The summed E-state index contributed by atoms with van der Waals surface area (Å²) in [5, 5.41) is 0. The minimum Gasteiger partial charge on any atom is -0.339 e.